The van der Waals surface area contributed by atoms with Crippen LogP contribution in [0, 0.1) is 29.1 Å². The van der Waals surface area contributed by atoms with Gasteiger partial charge in [0, 0.05) is 33.9 Å². The van der Waals surface area contributed by atoms with Gasteiger partial charge in [-0.05, 0) is 84.1 Å². The minimum Gasteiger partial charge on any atom is -0.488 e. The molecule has 5 atom stereocenters. The predicted molar refractivity (Wildman–Crippen MR) is 213 cm³/mol. The molecule has 0 amide bonds. The standard InChI is InChI=1S/C48H47N3O2/c1-27(2)21-29-19-20-49-38(23-29)34-24-33-31-15-10-11-18-40(31)53-46(33)43-32-16-12-17-37-44(32)51-39(45(49)42(34)43)26-52-41-22-28(3)36(48(4,5)6)25-35(41)47(51)50(37)30-13-8-7-9-14-30/h7-20,22,24-25,27-29,36,39,45H,21,23,26H2,1-6H3/q+2. The van der Waals surface area contributed by atoms with Gasteiger partial charge >= 0.3 is 0 Å². The molecule has 0 radical (unpaired) electrons. The Balaban J connectivity index is 1.30. The van der Waals surface area contributed by atoms with Crippen LogP contribution in [0.25, 0.3) is 55.4 Å². The summed E-state index contributed by atoms with van der Waals surface area (Å²) in [6, 6.07) is 29.0. The maximum Gasteiger partial charge on any atom is 0.299 e. The van der Waals surface area contributed by atoms with Gasteiger partial charge in [-0.15, -0.1) is 0 Å². The number of aromatic nitrogens is 2. The van der Waals surface area contributed by atoms with E-state index in [1.165, 1.54) is 67.6 Å². The van der Waals surface area contributed by atoms with Crippen molar-refractivity contribution in [3.8, 4) is 16.8 Å². The van der Waals surface area contributed by atoms with Gasteiger partial charge in [0.05, 0.1) is 5.56 Å². The third kappa shape index (κ3) is 4.31. The fourth-order valence-corrected chi connectivity index (χ4v) is 10.8. The van der Waals surface area contributed by atoms with Crippen LogP contribution in [-0.4, -0.2) is 21.5 Å². The average molecular weight is 698 g/mol. The number of hydrogen-bond donors (Lipinski definition) is 0. The van der Waals surface area contributed by atoms with Crippen molar-refractivity contribution >= 4 is 44.3 Å². The number of para-hydroxylation sites is 3. The molecule has 0 saturated carbocycles. The summed E-state index contributed by atoms with van der Waals surface area (Å²) < 4.78 is 22.0. The van der Waals surface area contributed by atoms with E-state index in [4.69, 9.17) is 9.15 Å². The van der Waals surface area contributed by atoms with E-state index in [1.807, 2.05) is 0 Å². The van der Waals surface area contributed by atoms with E-state index >= 15 is 0 Å². The number of allylic oxidation sites excluding steroid dienone is 4. The number of fused-ring (bicyclic) bond motifs is 10. The first-order valence-electron chi connectivity index (χ1n) is 19.7. The molecule has 4 aliphatic heterocycles. The molecule has 6 aromatic rings. The van der Waals surface area contributed by atoms with Crippen LogP contribution in [0.2, 0.25) is 0 Å². The Bertz CT molecular complexity index is 2670. The Morgan fingerprint density at radius 1 is 0.906 bits per heavy atom. The monoisotopic (exact) mass is 697 g/mol. The van der Waals surface area contributed by atoms with Crippen molar-refractivity contribution in [1.29, 1.82) is 0 Å². The highest BCUT2D eigenvalue weighted by molar-refractivity contribution is 6.17. The summed E-state index contributed by atoms with van der Waals surface area (Å²) in [5, 5.41) is 2.38. The maximum atomic E-state index is 7.14. The molecule has 4 aromatic carbocycles. The highest BCUT2D eigenvalue weighted by Crippen LogP contribution is 2.54. The molecule has 6 heterocycles. The average Bonchev–Trinajstić information content (AvgIpc) is 3.72. The highest BCUT2D eigenvalue weighted by atomic mass is 16.5. The van der Waals surface area contributed by atoms with E-state index in [0.717, 1.165) is 29.0 Å². The predicted octanol–water partition coefficient (Wildman–Crippen LogP) is 11.1. The summed E-state index contributed by atoms with van der Waals surface area (Å²) in [6.45, 7) is 14.8. The molecular weight excluding hydrogens is 651 g/mol. The molecule has 5 unspecified atom stereocenters. The molecule has 2 aromatic heterocycles. The normalized spacial score (nSPS) is 24.2. The molecule has 0 fully saturated rings. The summed E-state index contributed by atoms with van der Waals surface area (Å²) in [6.07, 6.45) is 12.1. The third-order valence-electron chi connectivity index (χ3n) is 12.8. The van der Waals surface area contributed by atoms with Crippen LogP contribution in [0.1, 0.15) is 83.4 Å². The topological polar surface area (TPSA) is 34.2 Å². The van der Waals surface area contributed by atoms with Gasteiger partial charge in [0.25, 0.3) is 5.82 Å². The smallest absolute Gasteiger partial charge is 0.299 e. The van der Waals surface area contributed by atoms with Crippen LogP contribution in [-0.2, 0) is 4.74 Å². The van der Waals surface area contributed by atoms with Crippen molar-refractivity contribution in [3.05, 3.63) is 126 Å². The Kier molecular flexibility index (Phi) is 6.48. The molecule has 5 aliphatic rings. The fraction of sp³-hybridized carbons (Fsp3) is 0.333. The summed E-state index contributed by atoms with van der Waals surface area (Å²) in [5.74, 6) is 4.08. The lowest BCUT2D eigenvalue weighted by molar-refractivity contribution is -0.738. The van der Waals surface area contributed by atoms with Gasteiger partial charge in [-0.2, -0.15) is 9.14 Å². The summed E-state index contributed by atoms with van der Waals surface area (Å²) >= 11 is 0. The number of furan rings is 1. The first kappa shape index (κ1) is 31.4. The first-order valence-corrected chi connectivity index (χ1v) is 19.7. The van der Waals surface area contributed by atoms with E-state index in [1.54, 1.807) is 0 Å². The lowest BCUT2D eigenvalue weighted by atomic mass is 9.70. The van der Waals surface area contributed by atoms with Crippen LogP contribution in [0.15, 0.2) is 113 Å². The first-order chi connectivity index (χ1) is 25.7. The quantitative estimate of drug-likeness (QED) is 0.173. The van der Waals surface area contributed by atoms with Crippen molar-refractivity contribution in [2.24, 2.45) is 29.1 Å². The lowest BCUT2D eigenvalue weighted by Crippen LogP contribution is -2.48. The van der Waals surface area contributed by atoms with Gasteiger partial charge in [-0.3, -0.25) is 0 Å². The van der Waals surface area contributed by atoms with Gasteiger partial charge in [0.15, 0.2) is 22.9 Å². The molecule has 5 heteroatoms. The van der Waals surface area contributed by atoms with Crippen LogP contribution >= 0.6 is 0 Å². The van der Waals surface area contributed by atoms with Gasteiger partial charge in [-0.1, -0.05) is 90.1 Å². The second-order valence-electron chi connectivity index (χ2n) is 17.7. The number of imidazole rings is 1. The molecular formula is C48H47N3O2+2. The molecule has 0 saturated heterocycles. The van der Waals surface area contributed by atoms with E-state index in [0.29, 0.717) is 30.3 Å². The van der Waals surface area contributed by atoms with E-state index in [-0.39, 0.29) is 17.5 Å². The second kappa shape index (κ2) is 10.9. The zero-order chi connectivity index (χ0) is 35.9. The number of benzene rings is 4. The zero-order valence-electron chi connectivity index (χ0n) is 31.6. The molecule has 0 N–H and O–H groups in total. The lowest BCUT2D eigenvalue weighted by Gasteiger charge is -2.35. The molecule has 53 heavy (non-hydrogen) atoms. The van der Waals surface area contributed by atoms with E-state index < -0.39 is 0 Å². The number of ether oxygens (including phenoxy) is 1. The zero-order valence-corrected chi connectivity index (χ0v) is 31.6. The molecule has 11 rings (SSSR count). The van der Waals surface area contributed by atoms with Crippen molar-refractivity contribution in [3.63, 3.8) is 0 Å². The summed E-state index contributed by atoms with van der Waals surface area (Å²) in [4.78, 5) is 0. The van der Waals surface area contributed by atoms with Crippen LogP contribution in [0.4, 0.5) is 0 Å². The molecule has 5 nitrogen and oxygen atoms in total. The minimum atomic E-state index is 0.0000298. The maximum absolute atomic E-state index is 7.14. The van der Waals surface area contributed by atoms with Crippen molar-refractivity contribution in [2.45, 2.75) is 66.5 Å². The Morgan fingerprint density at radius 3 is 2.53 bits per heavy atom. The number of hydrogen-bond acceptors (Lipinski definition) is 2. The van der Waals surface area contributed by atoms with Gasteiger partial charge in [-0.25, -0.2) is 4.57 Å². The largest absolute Gasteiger partial charge is 0.488 e. The fourth-order valence-electron chi connectivity index (χ4n) is 10.8. The summed E-state index contributed by atoms with van der Waals surface area (Å²) in [5.41, 5.74) is 13.5. The van der Waals surface area contributed by atoms with Gasteiger partial charge < -0.3 is 9.15 Å². The second-order valence-corrected chi connectivity index (χ2v) is 17.7. The number of nitrogens with zero attached hydrogens (tertiary/aromatic N) is 3. The van der Waals surface area contributed by atoms with Crippen molar-refractivity contribution in [1.82, 2.24) is 4.57 Å². The Morgan fingerprint density at radius 2 is 1.72 bits per heavy atom. The highest BCUT2D eigenvalue weighted by Gasteiger charge is 2.56. The SMILES string of the molecule is CC(C)CC1C=C[N+]2=C(C1)c1cc3c(oc4ccccc43)c3c1C2C1COC2=CC(C)C(C(C)(C)C)C=C2c2n(-c4ccccc4)c4cccc-3c4[n+]21. The van der Waals surface area contributed by atoms with Gasteiger partial charge in [0.1, 0.15) is 34.8 Å². The van der Waals surface area contributed by atoms with Gasteiger partial charge in [0.2, 0.25) is 12.1 Å². The molecule has 0 spiro atoms. The molecule has 0 bridgehead atoms. The van der Waals surface area contributed by atoms with Crippen LogP contribution in [0.3, 0.4) is 0 Å². The third-order valence-corrected chi connectivity index (χ3v) is 12.8. The summed E-state index contributed by atoms with van der Waals surface area (Å²) in [7, 11) is 0. The Labute approximate surface area is 311 Å². The van der Waals surface area contributed by atoms with Crippen molar-refractivity contribution in [2.75, 3.05) is 6.61 Å². The Hall–Kier alpha value is -5.16. The number of rotatable bonds is 3. The van der Waals surface area contributed by atoms with E-state index in [9.17, 15) is 0 Å². The van der Waals surface area contributed by atoms with E-state index in [2.05, 4.69) is 159 Å². The van der Waals surface area contributed by atoms with Crippen LogP contribution < -0.4 is 4.57 Å². The van der Waals surface area contributed by atoms with Crippen LogP contribution in [0.5, 0.6) is 0 Å². The molecule has 1 aliphatic carbocycles. The minimum absolute atomic E-state index is 0.0000298. The van der Waals surface area contributed by atoms with Crippen molar-refractivity contribution < 1.29 is 18.3 Å². The molecule has 264 valence electrons.